The first-order valence-electron chi connectivity index (χ1n) is 17.1. The van der Waals surface area contributed by atoms with Crippen LogP contribution in [0.5, 0.6) is 0 Å². The highest BCUT2D eigenvalue weighted by molar-refractivity contribution is 5.93. The lowest BCUT2D eigenvalue weighted by Crippen LogP contribution is -2.76. The standard InChI is InChI=1S/C35H48O16/c1-16(37)47-22(13-23(39)45-7)32(5)19-8-10-31(4)34(33(19,6)21(38)12-20(32)30(2,3)44)27(49-34)28(43)50-35(31,17-9-11-46-15-17)51-29-26(42)25(41)24(40)18(14-36)48-29/h9,11,15,18-20,22,24-27,29,36,40-42,44H,8,10,12-14H2,1-7H3/t18-,19-,20+,22+,24-,25+,26-,27-,29+,31-,32-,33+,34-,35-/m1/s1. The molecule has 14 atom stereocenters. The summed E-state index contributed by atoms with van der Waals surface area (Å²) in [5, 5.41) is 53.7. The van der Waals surface area contributed by atoms with E-state index >= 15 is 0 Å². The number of furan rings is 1. The Balaban J connectivity index is 1.54. The Morgan fingerprint density at radius 1 is 1.10 bits per heavy atom. The molecular formula is C35H48O16. The van der Waals surface area contributed by atoms with E-state index in [0.29, 0.717) is 0 Å². The number of epoxide rings is 1. The summed E-state index contributed by atoms with van der Waals surface area (Å²) in [5.41, 5.74) is -7.40. The second-order valence-corrected chi connectivity index (χ2v) is 15.8. The third-order valence-corrected chi connectivity index (χ3v) is 13.0. The van der Waals surface area contributed by atoms with Crippen LogP contribution in [0.15, 0.2) is 23.0 Å². The fraction of sp³-hybridized carbons (Fsp3) is 0.771. The van der Waals surface area contributed by atoms with E-state index in [9.17, 15) is 44.7 Å². The number of ether oxygens (including phenoxy) is 6. The van der Waals surface area contributed by atoms with Crippen molar-refractivity contribution in [3.63, 3.8) is 0 Å². The van der Waals surface area contributed by atoms with Crippen molar-refractivity contribution in [3.05, 3.63) is 24.2 Å². The van der Waals surface area contributed by atoms with Crippen molar-refractivity contribution < 1.29 is 77.5 Å². The van der Waals surface area contributed by atoms with Crippen LogP contribution in [-0.2, 0) is 53.4 Å². The Labute approximate surface area is 294 Å². The Kier molecular flexibility index (Phi) is 9.11. The minimum atomic E-state index is -2.21. The number of hydrogen-bond acceptors (Lipinski definition) is 16. The molecule has 5 aliphatic rings. The number of carbonyl (C=O) groups excluding carboxylic acids is 4. The quantitative estimate of drug-likeness (QED) is 0.130. The summed E-state index contributed by atoms with van der Waals surface area (Å²) in [7, 11) is 1.20. The van der Waals surface area contributed by atoms with Gasteiger partial charge in [0.2, 0.25) is 0 Å². The number of ketones is 1. The molecule has 2 saturated carbocycles. The smallest absolute Gasteiger partial charge is 0.341 e. The number of aliphatic hydroxyl groups excluding tert-OH is 4. The number of aliphatic hydroxyl groups is 5. The van der Waals surface area contributed by atoms with E-state index in [4.69, 9.17) is 32.8 Å². The predicted octanol–water partition coefficient (Wildman–Crippen LogP) is 0.227. The van der Waals surface area contributed by atoms with E-state index in [1.54, 1.807) is 34.6 Å². The molecule has 3 aliphatic heterocycles. The fourth-order valence-corrected chi connectivity index (χ4v) is 10.5. The highest BCUT2D eigenvalue weighted by Gasteiger charge is 2.92. The molecule has 5 fully saturated rings. The van der Waals surface area contributed by atoms with E-state index in [-0.39, 0.29) is 37.0 Å². The van der Waals surface area contributed by atoms with Crippen molar-refractivity contribution in [2.45, 2.75) is 127 Å². The average molecular weight is 725 g/mol. The van der Waals surface area contributed by atoms with Crippen LogP contribution in [-0.4, -0.2) is 117 Å². The molecule has 4 heterocycles. The summed E-state index contributed by atoms with van der Waals surface area (Å²) in [6, 6.07) is 1.47. The van der Waals surface area contributed by atoms with Crippen molar-refractivity contribution in [2.75, 3.05) is 13.7 Å². The molecule has 0 amide bonds. The van der Waals surface area contributed by atoms with Gasteiger partial charge in [-0.3, -0.25) is 14.4 Å². The van der Waals surface area contributed by atoms with Crippen LogP contribution in [0.4, 0.5) is 0 Å². The number of fused-ring (bicyclic) bond motifs is 1. The molecule has 0 unspecified atom stereocenters. The van der Waals surface area contributed by atoms with Crippen LogP contribution in [0.25, 0.3) is 0 Å². The van der Waals surface area contributed by atoms with Gasteiger partial charge >= 0.3 is 17.9 Å². The zero-order valence-corrected chi connectivity index (χ0v) is 29.7. The zero-order chi connectivity index (χ0) is 37.7. The maximum Gasteiger partial charge on any atom is 0.341 e. The van der Waals surface area contributed by atoms with Crippen LogP contribution in [0, 0.1) is 28.1 Å². The van der Waals surface area contributed by atoms with E-state index in [1.165, 1.54) is 32.6 Å². The van der Waals surface area contributed by atoms with Gasteiger partial charge in [0.1, 0.15) is 48.2 Å². The molecule has 0 radical (unpaired) electrons. The maximum absolute atomic E-state index is 14.9. The largest absolute Gasteiger partial charge is 0.472 e. The van der Waals surface area contributed by atoms with Crippen molar-refractivity contribution in [3.8, 4) is 0 Å². The summed E-state index contributed by atoms with van der Waals surface area (Å²) >= 11 is 0. The van der Waals surface area contributed by atoms with Gasteiger partial charge in [0, 0.05) is 24.7 Å². The van der Waals surface area contributed by atoms with E-state index in [1.807, 2.05) is 0 Å². The first kappa shape index (κ1) is 37.8. The molecule has 1 aromatic heterocycles. The number of esters is 3. The van der Waals surface area contributed by atoms with Crippen molar-refractivity contribution in [2.24, 2.45) is 28.1 Å². The van der Waals surface area contributed by atoms with Gasteiger partial charge in [-0.2, -0.15) is 0 Å². The first-order chi connectivity index (χ1) is 23.7. The van der Waals surface area contributed by atoms with Gasteiger partial charge in [-0.25, -0.2) is 4.79 Å². The van der Waals surface area contributed by atoms with Crippen LogP contribution >= 0.6 is 0 Å². The molecule has 284 valence electrons. The van der Waals surface area contributed by atoms with E-state index in [2.05, 4.69) is 0 Å². The van der Waals surface area contributed by atoms with Gasteiger partial charge in [0.15, 0.2) is 12.4 Å². The lowest BCUT2D eigenvalue weighted by Gasteiger charge is -2.67. The van der Waals surface area contributed by atoms with Gasteiger partial charge in [-0.15, -0.1) is 0 Å². The van der Waals surface area contributed by atoms with Crippen molar-refractivity contribution in [1.82, 2.24) is 0 Å². The lowest BCUT2D eigenvalue weighted by atomic mass is 9.36. The number of cyclic esters (lactones) is 1. The Morgan fingerprint density at radius 3 is 2.35 bits per heavy atom. The van der Waals surface area contributed by atoms with Crippen LogP contribution < -0.4 is 0 Å². The second-order valence-electron chi connectivity index (χ2n) is 15.8. The Morgan fingerprint density at radius 2 is 1.78 bits per heavy atom. The molecule has 0 bridgehead atoms. The van der Waals surface area contributed by atoms with Crippen molar-refractivity contribution in [1.29, 1.82) is 0 Å². The zero-order valence-electron chi connectivity index (χ0n) is 29.7. The summed E-state index contributed by atoms with van der Waals surface area (Å²) in [4.78, 5) is 54.4. The molecule has 1 spiro atoms. The highest BCUT2D eigenvalue weighted by Crippen LogP contribution is 2.79. The van der Waals surface area contributed by atoms with Crippen molar-refractivity contribution >= 4 is 23.7 Å². The van der Waals surface area contributed by atoms with Gasteiger partial charge in [0.25, 0.3) is 5.79 Å². The fourth-order valence-electron chi connectivity index (χ4n) is 10.5. The number of rotatable bonds is 9. The molecule has 16 nitrogen and oxygen atoms in total. The minimum Gasteiger partial charge on any atom is -0.472 e. The van der Waals surface area contributed by atoms with E-state index < -0.39 is 112 Å². The summed E-state index contributed by atoms with van der Waals surface area (Å²) < 4.78 is 41.1. The molecular weight excluding hydrogens is 676 g/mol. The topological polar surface area (TPSA) is 241 Å². The predicted molar refractivity (Wildman–Crippen MR) is 168 cm³/mol. The van der Waals surface area contributed by atoms with Gasteiger partial charge in [-0.1, -0.05) is 6.92 Å². The second kappa shape index (κ2) is 12.3. The normalized spacial score (nSPS) is 45.4. The maximum atomic E-state index is 14.9. The van der Waals surface area contributed by atoms with Gasteiger partial charge in [-0.05, 0) is 52.5 Å². The summed E-state index contributed by atoms with van der Waals surface area (Å²) in [5.74, 6) is -6.47. The number of hydrogen-bond donors (Lipinski definition) is 5. The molecule has 0 aromatic carbocycles. The molecule has 51 heavy (non-hydrogen) atoms. The molecule has 6 rings (SSSR count). The molecule has 5 N–H and O–H groups in total. The molecule has 2 aliphatic carbocycles. The summed E-state index contributed by atoms with van der Waals surface area (Å²) in [6.07, 6.45) is -8.82. The number of Topliss-reactive ketones (excluding diaryl/α,β-unsaturated/α-hetero) is 1. The summed E-state index contributed by atoms with van der Waals surface area (Å²) in [6.45, 7) is 8.70. The third kappa shape index (κ3) is 5.01. The van der Waals surface area contributed by atoms with Crippen LogP contribution in [0.3, 0.4) is 0 Å². The van der Waals surface area contributed by atoms with E-state index in [0.717, 1.165) is 0 Å². The van der Waals surface area contributed by atoms with Crippen LogP contribution in [0.2, 0.25) is 0 Å². The Hall–Kier alpha value is -2.96. The Bertz CT molecular complexity index is 1550. The third-order valence-electron chi connectivity index (χ3n) is 13.0. The highest BCUT2D eigenvalue weighted by atomic mass is 16.8. The molecule has 16 heteroatoms. The molecule has 1 aromatic rings. The van der Waals surface area contributed by atoms with Gasteiger partial charge in [0.05, 0.1) is 48.4 Å². The minimum absolute atomic E-state index is 0.0894. The molecule has 3 saturated heterocycles. The monoisotopic (exact) mass is 724 g/mol. The number of methoxy groups -OCH3 is 1. The van der Waals surface area contributed by atoms with Crippen LogP contribution in [0.1, 0.15) is 72.8 Å². The average Bonchev–Trinajstić information content (AvgIpc) is 3.61. The SMILES string of the molecule is COC(=O)C[C@H](OC(C)=O)[C@]1(C)[C@H]2CC[C@@]3(C)[C@](O[C@@H]4O[C@H](CO)[C@@H](O)[C@H](O)[C@H]4O)(c4ccoc4)OC(=O)[C@H]4O[C@]43[C@]2(C)C(=O)C[C@H]1C(C)(C)O. The number of carbonyl (C=O) groups is 4. The lowest BCUT2D eigenvalue weighted by molar-refractivity contribution is -0.410. The first-order valence-corrected chi connectivity index (χ1v) is 17.1. The van der Waals surface area contributed by atoms with Gasteiger partial charge < -0.3 is 58.4 Å².